The van der Waals surface area contributed by atoms with E-state index in [2.05, 4.69) is 10.1 Å². The number of aryl methyl sites for hydroxylation is 1. The maximum atomic E-state index is 12.8. The fourth-order valence-corrected chi connectivity index (χ4v) is 4.48. The van der Waals surface area contributed by atoms with Crippen LogP contribution in [-0.4, -0.2) is 33.1 Å². The number of hydrogen-bond donors (Lipinski definition) is 0. The Bertz CT molecular complexity index is 1250. The molecule has 31 heavy (non-hydrogen) atoms. The third-order valence-electron chi connectivity index (χ3n) is 4.39. The summed E-state index contributed by atoms with van der Waals surface area (Å²) in [4.78, 5) is 30.4. The summed E-state index contributed by atoms with van der Waals surface area (Å²) in [7, 11) is 0. The van der Waals surface area contributed by atoms with E-state index < -0.39 is 24.3 Å². The number of nitriles is 1. The van der Waals surface area contributed by atoms with E-state index >= 15 is 0 Å². The van der Waals surface area contributed by atoms with Crippen LogP contribution in [0.2, 0.25) is 0 Å². The summed E-state index contributed by atoms with van der Waals surface area (Å²) in [6.45, 7) is 1.27. The molecule has 1 atom stereocenters. The number of para-hydroxylation sites is 1. The van der Waals surface area contributed by atoms with Crippen molar-refractivity contribution in [2.45, 2.75) is 12.8 Å². The SMILES string of the molecule is Cc1csc([C@H](C#N)C(=O)COC(=O)c2cn(-c3ccccc3)nc2-c2cccs2)n1. The number of hydrogen-bond acceptors (Lipinski definition) is 8. The number of nitrogens with zero attached hydrogens (tertiary/aromatic N) is 4. The van der Waals surface area contributed by atoms with Crippen molar-refractivity contribution in [3.05, 3.63) is 75.7 Å². The summed E-state index contributed by atoms with van der Waals surface area (Å²) >= 11 is 2.68. The summed E-state index contributed by atoms with van der Waals surface area (Å²) < 4.78 is 6.88. The summed E-state index contributed by atoms with van der Waals surface area (Å²) in [5.74, 6) is -2.25. The first-order valence-electron chi connectivity index (χ1n) is 9.27. The van der Waals surface area contributed by atoms with E-state index in [0.29, 0.717) is 10.7 Å². The molecule has 3 heterocycles. The molecule has 0 saturated carbocycles. The van der Waals surface area contributed by atoms with Gasteiger partial charge in [-0.05, 0) is 30.5 Å². The second-order valence-electron chi connectivity index (χ2n) is 6.58. The first kappa shape index (κ1) is 20.7. The fraction of sp³-hybridized carbons (Fsp3) is 0.136. The molecule has 0 radical (unpaired) electrons. The van der Waals surface area contributed by atoms with Gasteiger partial charge in [0.25, 0.3) is 0 Å². The predicted octanol–water partition coefficient (Wildman–Crippen LogP) is 4.40. The second-order valence-corrected chi connectivity index (χ2v) is 8.42. The van der Waals surface area contributed by atoms with Crippen molar-refractivity contribution in [3.63, 3.8) is 0 Å². The van der Waals surface area contributed by atoms with Crippen LogP contribution in [-0.2, 0) is 9.53 Å². The largest absolute Gasteiger partial charge is 0.454 e. The average molecular weight is 449 g/mol. The third-order valence-corrected chi connectivity index (χ3v) is 6.29. The highest BCUT2D eigenvalue weighted by atomic mass is 32.1. The van der Waals surface area contributed by atoms with Crippen LogP contribution < -0.4 is 0 Å². The molecule has 0 amide bonds. The minimum Gasteiger partial charge on any atom is -0.454 e. The maximum Gasteiger partial charge on any atom is 0.342 e. The van der Waals surface area contributed by atoms with Crippen molar-refractivity contribution in [2.24, 2.45) is 0 Å². The van der Waals surface area contributed by atoms with E-state index in [0.717, 1.165) is 16.3 Å². The Morgan fingerprint density at radius 2 is 2.00 bits per heavy atom. The van der Waals surface area contributed by atoms with Gasteiger partial charge in [-0.25, -0.2) is 14.5 Å². The number of carbonyl (C=O) groups is 2. The summed E-state index contributed by atoms with van der Waals surface area (Å²) in [5, 5.41) is 18.0. The first-order valence-corrected chi connectivity index (χ1v) is 11.0. The van der Waals surface area contributed by atoms with Crippen LogP contribution in [0.4, 0.5) is 0 Å². The molecule has 0 bridgehead atoms. The number of Topliss-reactive ketones (excluding diaryl/α,β-unsaturated/α-hetero) is 1. The lowest BCUT2D eigenvalue weighted by Gasteiger charge is -2.06. The van der Waals surface area contributed by atoms with Crippen molar-refractivity contribution in [1.82, 2.24) is 14.8 Å². The van der Waals surface area contributed by atoms with E-state index in [1.54, 1.807) is 23.2 Å². The van der Waals surface area contributed by atoms with E-state index in [1.807, 2.05) is 53.9 Å². The molecule has 0 aliphatic rings. The van der Waals surface area contributed by atoms with E-state index in [4.69, 9.17) is 4.74 Å². The topological polar surface area (TPSA) is 97.9 Å². The molecule has 0 unspecified atom stereocenters. The summed E-state index contributed by atoms with van der Waals surface area (Å²) in [6, 6.07) is 15.1. The van der Waals surface area contributed by atoms with Crippen LogP contribution in [0.15, 0.2) is 59.4 Å². The number of rotatable bonds is 7. The van der Waals surface area contributed by atoms with Gasteiger partial charge in [-0.15, -0.1) is 22.7 Å². The number of esters is 1. The minimum absolute atomic E-state index is 0.248. The van der Waals surface area contributed by atoms with E-state index in [1.165, 1.54) is 22.7 Å². The Morgan fingerprint density at radius 1 is 1.19 bits per heavy atom. The quantitative estimate of drug-likeness (QED) is 0.389. The Labute approximate surface area is 186 Å². The van der Waals surface area contributed by atoms with Crippen molar-refractivity contribution >= 4 is 34.4 Å². The molecular weight excluding hydrogens is 432 g/mol. The lowest BCUT2D eigenvalue weighted by Crippen LogP contribution is -2.20. The molecule has 154 valence electrons. The van der Waals surface area contributed by atoms with Gasteiger partial charge in [-0.1, -0.05) is 24.3 Å². The van der Waals surface area contributed by atoms with E-state index in [-0.39, 0.29) is 5.56 Å². The molecule has 0 fully saturated rings. The molecule has 0 N–H and O–H groups in total. The number of thiazole rings is 1. The number of thiophene rings is 1. The minimum atomic E-state index is -1.06. The van der Waals surface area contributed by atoms with E-state index in [9.17, 15) is 14.9 Å². The number of ether oxygens (including phenoxy) is 1. The fourth-order valence-electron chi connectivity index (χ4n) is 2.90. The standard InChI is InChI=1S/C22H16N4O3S2/c1-14-13-31-21(24-14)16(10-23)18(27)12-29-22(28)17-11-26(15-6-3-2-4-7-15)25-20(17)19-8-5-9-30-19/h2-9,11,13,16H,12H2,1H3/t16-/m1/s1. The zero-order valence-corrected chi connectivity index (χ0v) is 18.0. The third kappa shape index (κ3) is 4.45. The molecule has 1 aromatic carbocycles. The van der Waals surface area contributed by atoms with Gasteiger partial charge in [0.1, 0.15) is 16.3 Å². The van der Waals surface area contributed by atoms with Crippen molar-refractivity contribution < 1.29 is 14.3 Å². The lowest BCUT2D eigenvalue weighted by molar-refractivity contribution is -0.122. The molecule has 9 heteroatoms. The zero-order chi connectivity index (χ0) is 21.8. The van der Waals surface area contributed by atoms with Crippen LogP contribution in [0.1, 0.15) is 27.0 Å². The molecule has 0 aliphatic heterocycles. The van der Waals surface area contributed by atoms with Crippen LogP contribution >= 0.6 is 22.7 Å². The van der Waals surface area contributed by atoms with Gasteiger partial charge in [0, 0.05) is 17.3 Å². The predicted molar refractivity (Wildman–Crippen MR) is 117 cm³/mol. The molecule has 4 rings (SSSR count). The molecule has 0 spiro atoms. The van der Waals surface area contributed by atoms with Crippen LogP contribution in [0.25, 0.3) is 16.3 Å². The van der Waals surface area contributed by atoms with Crippen molar-refractivity contribution in [1.29, 1.82) is 5.26 Å². The highest BCUT2D eigenvalue weighted by Crippen LogP contribution is 2.28. The molecule has 3 aromatic heterocycles. The molecular formula is C22H16N4O3S2. The lowest BCUT2D eigenvalue weighted by atomic mass is 10.1. The zero-order valence-electron chi connectivity index (χ0n) is 16.4. The van der Waals surface area contributed by atoms with Gasteiger partial charge in [-0.3, -0.25) is 4.79 Å². The van der Waals surface area contributed by atoms with Gasteiger partial charge in [0.2, 0.25) is 0 Å². The molecule has 0 aliphatic carbocycles. The van der Waals surface area contributed by atoms with Gasteiger partial charge in [0.05, 0.1) is 16.6 Å². The molecule has 7 nitrogen and oxygen atoms in total. The number of ketones is 1. The van der Waals surface area contributed by atoms with Crippen molar-refractivity contribution in [3.8, 4) is 22.3 Å². The summed E-state index contributed by atoms with van der Waals surface area (Å²) in [6.07, 6.45) is 1.59. The average Bonchev–Trinajstić information content (AvgIpc) is 3.54. The van der Waals surface area contributed by atoms with Crippen molar-refractivity contribution in [2.75, 3.05) is 6.61 Å². The van der Waals surface area contributed by atoms with Crippen LogP contribution in [0.3, 0.4) is 0 Å². The highest BCUT2D eigenvalue weighted by Gasteiger charge is 2.26. The highest BCUT2D eigenvalue weighted by molar-refractivity contribution is 7.13. The number of aromatic nitrogens is 3. The van der Waals surface area contributed by atoms with Gasteiger partial charge >= 0.3 is 5.97 Å². The Morgan fingerprint density at radius 3 is 2.65 bits per heavy atom. The molecule has 4 aromatic rings. The maximum absolute atomic E-state index is 12.8. The van der Waals surface area contributed by atoms with Gasteiger partial charge in [-0.2, -0.15) is 10.4 Å². The Balaban J connectivity index is 1.56. The second kappa shape index (κ2) is 9.04. The Hall–Kier alpha value is -3.61. The number of benzene rings is 1. The molecule has 0 saturated heterocycles. The smallest absolute Gasteiger partial charge is 0.342 e. The first-order chi connectivity index (χ1) is 15.1. The normalized spacial score (nSPS) is 11.6. The van der Waals surface area contributed by atoms with Gasteiger partial charge in [0.15, 0.2) is 18.3 Å². The van der Waals surface area contributed by atoms with Gasteiger partial charge < -0.3 is 4.74 Å². The Kier molecular flexibility index (Phi) is 6.02. The monoisotopic (exact) mass is 448 g/mol. The summed E-state index contributed by atoms with van der Waals surface area (Å²) in [5.41, 5.74) is 2.25. The number of carbonyl (C=O) groups excluding carboxylic acids is 2. The van der Waals surface area contributed by atoms with Crippen LogP contribution in [0.5, 0.6) is 0 Å². The van der Waals surface area contributed by atoms with Crippen LogP contribution in [0, 0.1) is 18.3 Å².